The van der Waals surface area contributed by atoms with Crippen molar-refractivity contribution in [2.45, 2.75) is 32.6 Å². The molecule has 0 aromatic heterocycles. The van der Waals surface area contributed by atoms with Crippen LogP contribution in [0.2, 0.25) is 0 Å². The minimum atomic E-state index is -0.972. The van der Waals surface area contributed by atoms with Crippen LogP contribution in [0.15, 0.2) is 12.1 Å². The zero-order valence-electron chi connectivity index (χ0n) is 11.0. The summed E-state index contributed by atoms with van der Waals surface area (Å²) in [6.45, 7) is 2.73. The molecule has 0 unspecified atom stereocenters. The van der Waals surface area contributed by atoms with Gasteiger partial charge in [0.1, 0.15) is 0 Å². The van der Waals surface area contributed by atoms with E-state index in [1.54, 1.807) is 0 Å². The second-order valence-corrected chi connectivity index (χ2v) is 4.91. The molecule has 1 aliphatic rings. The molecule has 0 amide bonds. The van der Waals surface area contributed by atoms with Gasteiger partial charge in [-0.2, -0.15) is 6.07 Å². The quantitative estimate of drug-likeness (QED) is 0.753. The Balaban J connectivity index is 0.00000162. The molecule has 0 N–H and O–H groups in total. The normalized spacial score (nSPS) is 23.3. The van der Waals surface area contributed by atoms with Crippen molar-refractivity contribution in [2.75, 3.05) is 6.61 Å². The van der Waals surface area contributed by atoms with Gasteiger partial charge in [-0.1, -0.05) is 19.8 Å². The molecule has 0 bridgehead atoms. The van der Waals surface area contributed by atoms with E-state index < -0.39 is 11.6 Å². The van der Waals surface area contributed by atoms with Gasteiger partial charge in [-0.15, -0.1) is 12.1 Å². The molecule has 1 nitrogen and oxygen atoms in total. The monoisotopic (exact) mass is 324 g/mol. The Labute approximate surface area is 156 Å². The molecule has 94 valence electrons. The number of rotatable bonds is 3. The zero-order chi connectivity index (χ0) is 12.3. The topological polar surface area (TPSA) is 9.23 Å². The van der Waals surface area contributed by atoms with E-state index in [4.69, 9.17) is 4.74 Å². The summed E-state index contributed by atoms with van der Waals surface area (Å²) in [6.07, 6.45) is 4.63. The summed E-state index contributed by atoms with van der Waals surface area (Å²) >= 11 is 0. The van der Waals surface area contributed by atoms with Crippen molar-refractivity contribution in [3.63, 3.8) is 0 Å². The largest absolute Gasteiger partial charge is 1.00 e. The summed E-state index contributed by atoms with van der Waals surface area (Å²) in [7, 11) is 0. The maximum Gasteiger partial charge on any atom is 1.00 e. The fourth-order valence-corrected chi connectivity index (χ4v) is 2.25. The molecule has 1 aromatic carbocycles. The van der Waals surface area contributed by atoms with Crippen LogP contribution in [0.4, 0.5) is 8.78 Å². The molecule has 0 saturated heterocycles. The van der Waals surface area contributed by atoms with Crippen LogP contribution in [-0.2, 0) is 0 Å². The first-order chi connectivity index (χ1) is 8.16. The first-order valence-electron chi connectivity index (χ1n) is 6.15. The average Bonchev–Trinajstić information content (AvgIpc) is 2.33. The molecule has 0 spiro atoms. The van der Waals surface area contributed by atoms with Gasteiger partial charge in [0.25, 0.3) is 0 Å². The molecule has 4 heteroatoms. The van der Waals surface area contributed by atoms with E-state index >= 15 is 0 Å². The van der Waals surface area contributed by atoms with E-state index in [2.05, 4.69) is 13.0 Å². The Bertz CT molecular complexity index is 376. The van der Waals surface area contributed by atoms with Gasteiger partial charge in [-0.05, 0) is 24.7 Å². The molecular weight excluding hydrogens is 308 g/mol. The van der Waals surface area contributed by atoms with Gasteiger partial charge in [-0.3, -0.25) is 4.39 Å². The summed E-state index contributed by atoms with van der Waals surface area (Å²) in [6, 6.07) is 4.93. The van der Waals surface area contributed by atoms with Crippen LogP contribution in [0.3, 0.4) is 0 Å². The van der Waals surface area contributed by atoms with Crippen LogP contribution in [0.5, 0.6) is 5.75 Å². The molecule has 1 aromatic rings. The third-order valence-corrected chi connectivity index (χ3v) is 3.46. The van der Waals surface area contributed by atoms with E-state index in [-0.39, 0.29) is 63.9 Å². The van der Waals surface area contributed by atoms with Crippen LogP contribution in [-0.4, -0.2) is 6.61 Å². The van der Waals surface area contributed by atoms with E-state index in [9.17, 15) is 8.78 Å². The molecule has 2 rings (SSSR count). The smallest absolute Gasteiger partial charge is 0.516 e. The van der Waals surface area contributed by atoms with Crippen LogP contribution in [0, 0.1) is 29.5 Å². The van der Waals surface area contributed by atoms with Crippen LogP contribution in [0.1, 0.15) is 32.6 Å². The van der Waals surface area contributed by atoms with E-state index in [1.165, 1.54) is 25.0 Å². The number of halogens is 2. The van der Waals surface area contributed by atoms with Gasteiger partial charge < -0.3 is 4.74 Å². The fraction of sp³-hybridized carbons (Fsp3) is 0.571. The number of hydrogen-bond acceptors (Lipinski definition) is 1. The second-order valence-electron chi connectivity index (χ2n) is 4.91. The third-order valence-electron chi connectivity index (χ3n) is 3.46. The molecule has 0 radical (unpaired) electrons. The molecule has 0 atom stereocenters. The molecular formula is C14H17F2ORb. The Hall–Kier alpha value is 0.685. The molecule has 1 saturated carbocycles. The Morgan fingerprint density at radius 2 is 1.94 bits per heavy atom. The van der Waals surface area contributed by atoms with E-state index in [0.29, 0.717) is 12.5 Å². The minimum absolute atomic E-state index is 0. The van der Waals surface area contributed by atoms with Crippen LogP contribution < -0.4 is 62.9 Å². The summed E-state index contributed by atoms with van der Waals surface area (Å²) in [5.74, 6) is -0.652. The Kier molecular flexibility index (Phi) is 7.51. The second kappa shape index (κ2) is 8.08. The number of benzene rings is 1. The molecule has 0 heterocycles. The summed E-state index contributed by atoms with van der Waals surface area (Å²) in [5, 5.41) is 0. The first kappa shape index (κ1) is 16.7. The number of ether oxygens (including phenoxy) is 1. The fourth-order valence-electron chi connectivity index (χ4n) is 2.25. The van der Waals surface area contributed by atoms with Gasteiger partial charge >= 0.3 is 58.2 Å². The molecule has 18 heavy (non-hydrogen) atoms. The van der Waals surface area contributed by atoms with Crippen molar-refractivity contribution in [2.24, 2.45) is 11.8 Å². The van der Waals surface area contributed by atoms with E-state index in [0.717, 1.165) is 18.8 Å². The Morgan fingerprint density at radius 3 is 2.61 bits per heavy atom. The third kappa shape index (κ3) is 4.66. The standard InChI is InChI=1S/C14H17F2O.Rb/c1-10-5-7-11(8-6-10)9-17-13-4-2-3-12(15)14(13)16;/h2,4,10-11H,5-9H2,1H3;/q-1;+1. The maximum absolute atomic E-state index is 13.3. The summed E-state index contributed by atoms with van der Waals surface area (Å²) < 4.78 is 31.5. The van der Waals surface area contributed by atoms with Crippen LogP contribution in [0.25, 0.3) is 0 Å². The SMILES string of the molecule is CC1CCC(COc2cc[c-]c(F)c2F)CC1.[Rb+]. The maximum atomic E-state index is 13.3. The van der Waals surface area contributed by atoms with Crippen molar-refractivity contribution in [3.8, 4) is 5.75 Å². The van der Waals surface area contributed by atoms with Crippen molar-refractivity contribution < 1.29 is 71.7 Å². The minimum Gasteiger partial charge on any atom is -0.516 e. The molecule has 1 aliphatic carbocycles. The number of hydrogen-bond donors (Lipinski definition) is 0. The van der Waals surface area contributed by atoms with Gasteiger partial charge in [-0.25, -0.2) is 4.39 Å². The zero-order valence-corrected chi connectivity index (χ0v) is 15.9. The van der Waals surface area contributed by atoms with Gasteiger partial charge in [0, 0.05) is 11.6 Å². The van der Waals surface area contributed by atoms with Gasteiger partial charge in [0.15, 0.2) is 0 Å². The predicted molar refractivity (Wildman–Crippen MR) is 61.8 cm³/mol. The summed E-state index contributed by atoms with van der Waals surface area (Å²) in [5.41, 5.74) is 0. The van der Waals surface area contributed by atoms with Gasteiger partial charge in [0.2, 0.25) is 0 Å². The Morgan fingerprint density at radius 1 is 1.28 bits per heavy atom. The molecule has 0 aliphatic heterocycles. The predicted octanol–water partition coefficient (Wildman–Crippen LogP) is 0.974. The van der Waals surface area contributed by atoms with Crippen molar-refractivity contribution >= 4 is 0 Å². The molecule has 1 fully saturated rings. The van der Waals surface area contributed by atoms with Crippen molar-refractivity contribution in [1.29, 1.82) is 0 Å². The average molecular weight is 325 g/mol. The van der Waals surface area contributed by atoms with Gasteiger partial charge in [0.05, 0.1) is 12.4 Å². The van der Waals surface area contributed by atoms with Crippen molar-refractivity contribution in [1.82, 2.24) is 0 Å². The van der Waals surface area contributed by atoms with Crippen molar-refractivity contribution in [3.05, 3.63) is 29.8 Å². The van der Waals surface area contributed by atoms with Crippen LogP contribution >= 0.6 is 0 Å². The van der Waals surface area contributed by atoms with E-state index in [1.807, 2.05) is 0 Å². The first-order valence-corrected chi connectivity index (χ1v) is 6.15. The summed E-state index contributed by atoms with van der Waals surface area (Å²) in [4.78, 5) is 0.